The number of cyclic esters (lactones) is 1. The molecule has 0 radical (unpaired) electrons. The van der Waals surface area contributed by atoms with Crippen molar-refractivity contribution in [3.05, 3.63) is 104 Å². The number of carbonyl (C=O) groups is 1. The summed E-state index contributed by atoms with van der Waals surface area (Å²) in [5, 5.41) is 1.69. The average molecular weight is 473 g/mol. The Morgan fingerprint density at radius 3 is 2.35 bits per heavy atom. The van der Waals surface area contributed by atoms with E-state index in [4.69, 9.17) is 44.3 Å². The topological polar surface area (TPSA) is 47.9 Å². The molecule has 0 unspecified atom stereocenters. The van der Waals surface area contributed by atoms with Gasteiger partial charge < -0.3 is 9.47 Å². The van der Waals surface area contributed by atoms with E-state index in [1.54, 1.807) is 42.5 Å². The number of hydrogen-bond acceptors (Lipinski definition) is 4. The van der Waals surface area contributed by atoms with Crippen LogP contribution in [0.15, 0.2) is 71.4 Å². The van der Waals surface area contributed by atoms with E-state index in [1.165, 1.54) is 0 Å². The van der Waals surface area contributed by atoms with Crippen LogP contribution in [0.4, 0.5) is 0 Å². The third-order valence-corrected chi connectivity index (χ3v) is 5.78. The zero-order valence-corrected chi connectivity index (χ0v) is 18.6. The summed E-state index contributed by atoms with van der Waals surface area (Å²) in [6.45, 7) is 2.15. The van der Waals surface area contributed by atoms with Crippen molar-refractivity contribution in [1.82, 2.24) is 0 Å². The Bertz CT molecular complexity index is 1200. The van der Waals surface area contributed by atoms with Crippen molar-refractivity contribution >= 4 is 52.7 Å². The van der Waals surface area contributed by atoms with Crippen molar-refractivity contribution in [3.63, 3.8) is 0 Å². The van der Waals surface area contributed by atoms with Crippen molar-refractivity contribution in [3.8, 4) is 5.75 Å². The first kappa shape index (κ1) is 21.4. The second-order valence-corrected chi connectivity index (χ2v) is 8.08. The van der Waals surface area contributed by atoms with Crippen LogP contribution in [0.25, 0.3) is 6.08 Å². The Hall–Kier alpha value is -2.79. The Morgan fingerprint density at radius 2 is 1.68 bits per heavy atom. The molecular weight excluding hydrogens is 457 g/mol. The lowest BCUT2D eigenvalue weighted by atomic mass is 10.1. The minimum Gasteiger partial charge on any atom is -0.489 e. The normalized spacial score (nSPS) is 14.5. The molecular formula is C24H16Cl3NO3. The van der Waals surface area contributed by atoms with Crippen LogP contribution in [-0.2, 0) is 16.1 Å². The first-order chi connectivity index (χ1) is 14.9. The zero-order chi connectivity index (χ0) is 22.0. The molecule has 0 spiro atoms. The minimum atomic E-state index is -0.514. The van der Waals surface area contributed by atoms with E-state index in [0.717, 1.165) is 16.7 Å². The molecule has 0 amide bonds. The number of ether oxygens (including phenoxy) is 2. The molecule has 1 aliphatic heterocycles. The molecule has 3 aromatic rings. The predicted molar refractivity (Wildman–Crippen MR) is 124 cm³/mol. The van der Waals surface area contributed by atoms with Gasteiger partial charge in [-0.1, -0.05) is 59.1 Å². The van der Waals surface area contributed by atoms with Gasteiger partial charge in [-0.3, -0.25) is 0 Å². The van der Waals surface area contributed by atoms with Crippen LogP contribution in [-0.4, -0.2) is 11.9 Å². The smallest absolute Gasteiger partial charge is 0.363 e. The summed E-state index contributed by atoms with van der Waals surface area (Å²) in [5.74, 6) is 0.362. The Morgan fingerprint density at radius 1 is 0.968 bits per heavy atom. The molecule has 0 saturated heterocycles. The van der Waals surface area contributed by atoms with E-state index in [-0.39, 0.29) is 18.2 Å². The number of aryl methyl sites for hydroxylation is 1. The summed E-state index contributed by atoms with van der Waals surface area (Å²) < 4.78 is 11.1. The van der Waals surface area contributed by atoms with Gasteiger partial charge in [0.25, 0.3) is 0 Å². The van der Waals surface area contributed by atoms with Crippen LogP contribution in [0.2, 0.25) is 15.1 Å². The summed E-state index contributed by atoms with van der Waals surface area (Å²) in [7, 11) is 0. The molecule has 156 valence electrons. The largest absolute Gasteiger partial charge is 0.489 e. The van der Waals surface area contributed by atoms with E-state index in [0.29, 0.717) is 26.4 Å². The SMILES string of the molecule is Cc1ccc(C2=N/C(=C/c3ccc(OCc4c(Cl)cccc4Cl)cc3)C(=O)O2)cc1Cl. The van der Waals surface area contributed by atoms with Crippen LogP contribution in [0.5, 0.6) is 5.75 Å². The fraction of sp³-hybridized carbons (Fsp3) is 0.0833. The third-order valence-electron chi connectivity index (χ3n) is 4.67. The van der Waals surface area contributed by atoms with Crippen LogP contribution in [0.1, 0.15) is 22.3 Å². The Labute approximate surface area is 194 Å². The molecule has 0 saturated carbocycles. The van der Waals surface area contributed by atoms with Crippen LogP contribution in [0.3, 0.4) is 0 Å². The fourth-order valence-corrected chi connectivity index (χ4v) is 3.59. The lowest BCUT2D eigenvalue weighted by molar-refractivity contribution is -0.129. The number of carbonyl (C=O) groups excluding carboxylic acids is 1. The Kier molecular flexibility index (Phi) is 6.33. The molecule has 7 heteroatoms. The van der Waals surface area contributed by atoms with Gasteiger partial charge in [-0.25, -0.2) is 9.79 Å². The number of hydrogen-bond donors (Lipinski definition) is 0. The summed E-state index contributed by atoms with van der Waals surface area (Å²) in [5.41, 5.74) is 3.30. The van der Waals surface area contributed by atoms with Crippen molar-refractivity contribution in [2.24, 2.45) is 4.99 Å². The van der Waals surface area contributed by atoms with Crippen molar-refractivity contribution in [2.75, 3.05) is 0 Å². The van der Waals surface area contributed by atoms with Gasteiger partial charge in [-0.05, 0) is 60.5 Å². The monoisotopic (exact) mass is 471 g/mol. The van der Waals surface area contributed by atoms with Gasteiger partial charge in [-0.2, -0.15) is 0 Å². The summed E-state index contributed by atoms with van der Waals surface area (Å²) >= 11 is 18.5. The van der Waals surface area contributed by atoms with Crippen molar-refractivity contribution in [2.45, 2.75) is 13.5 Å². The predicted octanol–water partition coefficient (Wildman–Crippen LogP) is 6.88. The summed E-state index contributed by atoms with van der Waals surface area (Å²) in [6, 6.07) is 17.9. The lowest BCUT2D eigenvalue weighted by Crippen LogP contribution is -2.05. The summed E-state index contributed by atoms with van der Waals surface area (Å²) in [6.07, 6.45) is 1.65. The number of nitrogens with zero attached hydrogens (tertiary/aromatic N) is 1. The van der Waals surface area contributed by atoms with Crippen molar-refractivity contribution in [1.29, 1.82) is 0 Å². The first-order valence-electron chi connectivity index (χ1n) is 9.35. The van der Waals surface area contributed by atoms with E-state index in [1.807, 2.05) is 31.2 Å². The van der Waals surface area contributed by atoms with Crippen molar-refractivity contribution < 1.29 is 14.3 Å². The van der Waals surface area contributed by atoms with Gasteiger partial charge in [0.1, 0.15) is 12.4 Å². The summed E-state index contributed by atoms with van der Waals surface area (Å²) in [4.78, 5) is 16.5. The molecule has 4 nitrogen and oxygen atoms in total. The molecule has 31 heavy (non-hydrogen) atoms. The molecule has 0 atom stereocenters. The second-order valence-electron chi connectivity index (χ2n) is 6.86. The number of rotatable bonds is 5. The highest BCUT2D eigenvalue weighted by Gasteiger charge is 2.24. The maximum absolute atomic E-state index is 12.2. The maximum Gasteiger partial charge on any atom is 0.363 e. The van der Waals surface area contributed by atoms with Gasteiger partial charge in [0.15, 0.2) is 5.70 Å². The molecule has 0 fully saturated rings. The van der Waals surface area contributed by atoms with Crippen LogP contribution >= 0.6 is 34.8 Å². The molecule has 0 N–H and O–H groups in total. The highest BCUT2D eigenvalue weighted by atomic mass is 35.5. The van der Waals surface area contributed by atoms with Gasteiger partial charge in [0, 0.05) is 26.2 Å². The lowest BCUT2D eigenvalue weighted by Gasteiger charge is -2.09. The maximum atomic E-state index is 12.2. The Balaban J connectivity index is 1.48. The molecule has 4 rings (SSSR count). The van der Waals surface area contributed by atoms with E-state index < -0.39 is 5.97 Å². The highest BCUT2D eigenvalue weighted by Crippen LogP contribution is 2.27. The van der Waals surface area contributed by atoms with Crippen LogP contribution in [0, 0.1) is 6.92 Å². The molecule has 1 heterocycles. The van der Waals surface area contributed by atoms with Gasteiger partial charge >= 0.3 is 5.97 Å². The molecule has 0 aromatic heterocycles. The van der Waals surface area contributed by atoms with E-state index in [9.17, 15) is 4.79 Å². The quantitative estimate of drug-likeness (QED) is 0.300. The van der Waals surface area contributed by atoms with Gasteiger partial charge in [0.2, 0.25) is 5.90 Å². The molecule has 1 aliphatic rings. The molecule has 0 bridgehead atoms. The van der Waals surface area contributed by atoms with E-state index in [2.05, 4.69) is 4.99 Å². The second kappa shape index (κ2) is 9.15. The molecule has 0 aliphatic carbocycles. The van der Waals surface area contributed by atoms with Gasteiger partial charge in [0.05, 0.1) is 0 Å². The number of esters is 1. The zero-order valence-electron chi connectivity index (χ0n) is 16.4. The number of aliphatic imine (C=N–C) groups is 1. The average Bonchev–Trinajstić information content (AvgIpc) is 3.11. The first-order valence-corrected chi connectivity index (χ1v) is 10.5. The standard InChI is InChI=1S/C24H16Cl3NO3/c1-14-5-8-16(12-21(14)27)23-28-22(24(29)31-23)11-15-6-9-17(10-7-15)30-13-18-19(25)3-2-4-20(18)26/h2-12H,13H2,1H3/b22-11+. The highest BCUT2D eigenvalue weighted by molar-refractivity contribution is 6.36. The van der Waals surface area contributed by atoms with Crippen LogP contribution < -0.4 is 4.74 Å². The van der Waals surface area contributed by atoms with Gasteiger partial charge in [-0.15, -0.1) is 0 Å². The minimum absolute atomic E-state index is 0.211. The molecule has 3 aromatic carbocycles. The van der Waals surface area contributed by atoms with E-state index >= 15 is 0 Å². The number of benzene rings is 3. The number of halogens is 3. The fourth-order valence-electron chi connectivity index (χ4n) is 2.90. The third kappa shape index (κ3) is 4.93.